The Morgan fingerprint density at radius 2 is 1.19 bits per heavy atom. The van der Waals surface area contributed by atoms with Crippen LogP contribution in [0.5, 0.6) is 0 Å². The van der Waals surface area contributed by atoms with E-state index < -0.39 is 0 Å². The molecule has 2 heterocycles. The topological polar surface area (TPSA) is 79.1 Å². The highest BCUT2D eigenvalue weighted by Gasteiger charge is 2.07. The van der Waals surface area contributed by atoms with Gasteiger partial charge in [-0.1, -0.05) is 23.2 Å². The number of anilines is 2. The van der Waals surface area contributed by atoms with E-state index in [1.165, 1.54) is 0 Å². The van der Waals surface area contributed by atoms with Gasteiger partial charge in [-0.2, -0.15) is 0 Å². The van der Waals surface area contributed by atoms with Crippen LogP contribution in [0.15, 0.2) is 60.9 Å². The molecule has 4 N–H and O–H groups in total. The first-order valence-electron chi connectivity index (χ1n) is 12.6. The van der Waals surface area contributed by atoms with Crippen LogP contribution in [0.4, 0.5) is 11.4 Å². The Bertz CT molecular complexity index is 1270. The molecule has 8 heteroatoms. The van der Waals surface area contributed by atoms with Gasteiger partial charge in [0.1, 0.15) is 0 Å². The van der Waals surface area contributed by atoms with Gasteiger partial charge < -0.3 is 21.3 Å². The summed E-state index contributed by atoms with van der Waals surface area (Å²) in [6.07, 6.45) is 7.97. The number of rotatable bonds is 14. The van der Waals surface area contributed by atoms with E-state index in [4.69, 9.17) is 28.9 Å². The lowest BCUT2D eigenvalue weighted by Crippen LogP contribution is -2.30. The van der Waals surface area contributed by atoms with E-state index in [9.17, 15) is 0 Å². The van der Waals surface area contributed by atoms with Crippen LogP contribution in [-0.2, 0) is 0 Å². The van der Waals surface area contributed by atoms with Crippen LogP contribution in [0.3, 0.4) is 0 Å². The molecule has 0 unspecified atom stereocenters. The van der Waals surface area contributed by atoms with Crippen LogP contribution in [0.25, 0.3) is 21.8 Å². The standard InChI is InChI=1S/C28H34Cl2N6/c29-21-5-7-23-25(9-14-34-27(23)19-21)32-12-1-2-16-36(17-3-11-31)18-4-13-33-26-10-15-35-28-20-22(30)6-8-24(26)28/h5-10,14-15,19-20H,1-4,11-13,16-18,31H2,(H,32,34)(H,33,35). The Morgan fingerprint density at radius 1 is 0.667 bits per heavy atom. The lowest BCUT2D eigenvalue weighted by molar-refractivity contribution is 0.266. The maximum Gasteiger partial charge on any atom is 0.0737 e. The van der Waals surface area contributed by atoms with Gasteiger partial charge in [-0.25, -0.2) is 0 Å². The van der Waals surface area contributed by atoms with Crippen LogP contribution in [0.2, 0.25) is 10.0 Å². The first kappa shape index (κ1) is 26.4. The van der Waals surface area contributed by atoms with E-state index in [-0.39, 0.29) is 0 Å². The summed E-state index contributed by atoms with van der Waals surface area (Å²) < 4.78 is 0. The molecule has 0 aliphatic carbocycles. The number of hydrogen-bond donors (Lipinski definition) is 3. The molecule has 0 atom stereocenters. The Morgan fingerprint density at radius 3 is 1.78 bits per heavy atom. The number of aromatic nitrogens is 2. The zero-order valence-corrected chi connectivity index (χ0v) is 22.0. The highest BCUT2D eigenvalue weighted by molar-refractivity contribution is 6.31. The van der Waals surface area contributed by atoms with Crippen molar-refractivity contribution in [2.24, 2.45) is 5.73 Å². The number of unbranched alkanes of at least 4 members (excludes halogenated alkanes) is 1. The predicted octanol–water partition coefficient (Wildman–Crippen LogP) is 6.43. The van der Waals surface area contributed by atoms with E-state index in [2.05, 4.69) is 25.5 Å². The predicted molar refractivity (Wildman–Crippen MR) is 154 cm³/mol. The molecule has 2 aromatic carbocycles. The summed E-state index contributed by atoms with van der Waals surface area (Å²) >= 11 is 12.2. The molecule has 0 radical (unpaired) electrons. The van der Waals surface area contributed by atoms with Crippen LogP contribution >= 0.6 is 23.2 Å². The van der Waals surface area contributed by atoms with Gasteiger partial charge >= 0.3 is 0 Å². The minimum atomic E-state index is 0.705. The fourth-order valence-electron chi connectivity index (χ4n) is 4.41. The van der Waals surface area contributed by atoms with Crippen molar-refractivity contribution in [2.45, 2.75) is 25.7 Å². The highest BCUT2D eigenvalue weighted by Crippen LogP contribution is 2.25. The molecule has 36 heavy (non-hydrogen) atoms. The second-order valence-electron chi connectivity index (χ2n) is 8.94. The molecule has 0 aliphatic rings. The highest BCUT2D eigenvalue weighted by atomic mass is 35.5. The van der Waals surface area contributed by atoms with Gasteiger partial charge in [-0.3, -0.25) is 9.97 Å². The number of nitrogens with two attached hydrogens (primary N) is 1. The molecule has 0 fully saturated rings. The summed E-state index contributed by atoms with van der Waals surface area (Å²) in [5.74, 6) is 0. The maximum absolute atomic E-state index is 6.11. The van der Waals surface area contributed by atoms with E-state index in [1.807, 2.05) is 60.9 Å². The maximum atomic E-state index is 6.11. The largest absolute Gasteiger partial charge is 0.384 e. The second-order valence-corrected chi connectivity index (χ2v) is 9.81. The molecule has 0 spiro atoms. The zero-order valence-electron chi connectivity index (χ0n) is 20.5. The van der Waals surface area contributed by atoms with Gasteiger partial charge in [0, 0.05) is 57.7 Å². The average Bonchev–Trinajstić information content (AvgIpc) is 2.88. The van der Waals surface area contributed by atoms with Gasteiger partial charge in [0.05, 0.1) is 11.0 Å². The summed E-state index contributed by atoms with van der Waals surface area (Å²) in [5, 5.41) is 10.8. The number of nitrogens with one attached hydrogen (secondary N) is 2. The Hall–Kier alpha value is -2.64. The van der Waals surface area contributed by atoms with Crippen molar-refractivity contribution in [3.63, 3.8) is 0 Å². The number of pyridine rings is 2. The lowest BCUT2D eigenvalue weighted by Gasteiger charge is -2.22. The molecule has 0 bridgehead atoms. The minimum Gasteiger partial charge on any atom is -0.384 e. The molecule has 190 valence electrons. The van der Waals surface area contributed by atoms with Crippen molar-refractivity contribution in [1.82, 2.24) is 14.9 Å². The summed E-state index contributed by atoms with van der Waals surface area (Å²) in [5.41, 5.74) is 9.82. The van der Waals surface area contributed by atoms with Gasteiger partial charge in [0.15, 0.2) is 0 Å². The molecule has 4 aromatic rings. The monoisotopic (exact) mass is 524 g/mol. The number of benzene rings is 2. The summed E-state index contributed by atoms with van der Waals surface area (Å²) in [6.45, 7) is 5.71. The molecule has 4 rings (SSSR count). The molecule has 2 aromatic heterocycles. The van der Waals surface area contributed by atoms with E-state index >= 15 is 0 Å². The number of hydrogen-bond acceptors (Lipinski definition) is 6. The van der Waals surface area contributed by atoms with Crippen molar-refractivity contribution >= 4 is 56.4 Å². The minimum absolute atomic E-state index is 0.705. The molecule has 6 nitrogen and oxygen atoms in total. The third-order valence-corrected chi connectivity index (χ3v) is 6.74. The van der Waals surface area contributed by atoms with E-state index in [0.29, 0.717) is 10.0 Å². The first-order valence-corrected chi connectivity index (χ1v) is 13.4. The smallest absolute Gasteiger partial charge is 0.0737 e. The molecular formula is C28H34Cl2N6. The fourth-order valence-corrected chi connectivity index (χ4v) is 4.74. The van der Waals surface area contributed by atoms with Crippen LogP contribution in [-0.4, -0.2) is 54.1 Å². The first-order chi connectivity index (χ1) is 17.6. The number of fused-ring (bicyclic) bond motifs is 2. The Kier molecular flexibility index (Phi) is 9.99. The summed E-state index contributed by atoms with van der Waals surface area (Å²) in [4.78, 5) is 11.4. The van der Waals surface area contributed by atoms with Gasteiger partial charge in [-0.15, -0.1) is 0 Å². The third-order valence-electron chi connectivity index (χ3n) is 6.27. The summed E-state index contributed by atoms with van der Waals surface area (Å²) in [7, 11) is 0. The molecule has 0 saturated carbocycles. The van der Waals surface area contributed by atoms with Gasteiger partial charge in [-0.05, 0) is 100 Å². The molecule has 0 amide bonds. The van der Waals surface area contributed by atoms with Crippen molar-refractivity contribution in [3.05, 3.63) is 71.0 Å². The van der Waals surface area contributed by atoms with Gasteiger partial charge in [0.2, 0.25) is 0 Å². The van der Waals surface area contributed by atoms with Crippen molar-refractivity contribution < 1.29 is 0 Å². The van der Waals surface area contributed by atoms with Crippen LogP contribution < -0.4 is 16.4 Å². The quantitative estimate of drug-likeness (QED) is 0.165. The van der Waals surface area contributed by atoms with Crippen molar-refractivity contribution in [3.8, 4) is 0 Å². The number of halogens is 2. The van der Waals surface area contributed by atoms with Crippen LogP contribution in [0, 0.1) is 0 Å². The van der Waals surface area contributed by atoms with Crippen molar-refractivity contribution in [2.75, 3.05) is 49.9 Å². The average molecular weight is 526 g/mol. The third kappa shape index (κ3) is 7.43. The normalized spacial score (nSPS) is 11.4. The fraction of sp³-hybridized carbons (Fsp3) is 0.357. The Balaban J connectivity index is 1.20. The Labute approximate surface area is 223 Å². The molecular weight excluding hydrogens is 491 g/mol. The molecule has 0 saturated heterocycles. The van der Waals surface area contributed by atoms with E-state index in [1.54, 1.807) is 0 Å². The van der Waals surface area contributed by atoms with Crippen LogP contribution in [0.1, 0.15) is 25.7 Å². The van der Waals surface area contributed by atoms with Crippen molar-refractivity contribution in [1.29, 1.82) is 0 Å². The summed E-state index contributed by atoms with van der Waals surface area (Å²) in [6, 6.07) is 15.7. The molecule has 0 aliphatic heterocycles. The number of nitrogens with zero attached hydrogens (tertiary/aromatic N) is 3. The van der Waals surface area contributed by atoms with E-state index in [0.717, 1.165) is 98.1 Å². The van der Waals surface area contributed by atoms with Gasteiger partial charge in [0.25, 0.3) is 0 Å². The second kappa shape index (κ2) is 13.6. The SMILES string of the molecule is NCCCN(CCCCNc1ccnc2cc(Cl)ccc12)CCCNc1ccnc2cc(Cl)ccc12. The lowest BCUT2D eigenvalue weighted by atomic mass is 10.2. The zero-order chi connectivity index (χ0) is 25.2.